The minimum Gasteiger partial charge on any atom is -0.298 e. The molecule has 0 radical (unpaired) electrons. The zero-order valence-electron chi connectivity index (χ0n) is 11.6. The molecule has 3 nitrogen and oxygen atoms in total. The molecule has 3 aromatic rings. The first-order chi connectivity index (χ1) is 10.1. The summed E-state index contributed by atoms with van der Waals surface area (Å²) in [7, 11) is 0. The molecule has 0 unspecified atom stereocenters. The third-order valence-corrected chi connectivity index (χ3v) is 4.80. The Hall–Kier alpha value is -1.91. The lowest BCUT2D eigenvalue weighted by molar-refractivity contribution is 0.112. The molecule has 106 valence electrons. The van der Waals surface area contributed by atoms with Crippen LogP contribution in [0.4, 0.5) is 0 Å². The van der Waals surface area contributed by atoms with Crippen LogP contribution in [0.3, 0.4) is 0 Å². The lowest BCUT2D eigenvalue weighted by Gasteiger charge is -2.03. The number of aromatic nitrogens is 2. The van der Waals surface area contributed by atoms with Crippen molar-refractivity contribution >= 4 is 29.2 Å². The van der Waals surface area contributed by atoms with Crippen LogP contribution < -0.4 is 0 Å². The fourth-order valence-electron chi connectivity index (χ4n) is 2.12. The number of aryl methyl sites for hydroxylation is 2. The molecule has 1 aromatic carbocycles. The van der Waals surface area contributed by atoms with E-state index in [1.807, 2.05) is 43.5 Å². The molecule has 2 aromatic heterocycles. The van der Waals surface area contributed by atoms with Crippen molar-refractivity contribution < 1.29 is 4.79 Å². The largest absolute Gasteiger partial charge is 0.298 e. The van der Waals surface area contributed by atoms with E-state index in [1.165, 1.54) is 0 Å². The smallest absolute Gasteiger partial charge is 0.153 e. The molecule has 2 heterocycles. The van der Waals surface area contributed by atoms with E-state index < -0.39 is 0 Å². The first-order valence-electron chi connectivity index (χ1n) is 6.46. The topological polar surface area (TPSA) is 34.9 Å². The van der Waals surface area contributed by atoms with Crippen molar-refractivity contribution in [3.8, 4) is 16.3 Å². The molecule has 0 aliphatic heterocycles. The second-order valence-corrected chi connectivity index (χ2v) is 6.19. The number of hydrogen-bond donors (Lipinski definition) is 0. The Labute approximate surface area is 131 Å². The van der Waals surface area contributed by atoms with E-state index in [-0.39, 0.29) is 0 Å². The maximum absolute atomic E-state index is 11.3. The van der Waals surface area contributed by atoms with Crippen molar-refractivity contribution in [2.75, 3.05) is 0 Å². The summed E-state index contributed by atoms with van der Waals surface area (Å²) < 4.78 is 1.70. The predicted molar refractivity (Wildman–Crippen MR) is 86.7 cm³/mol. The molecular formula is C16H13ClN2OS. The molecule has 5 heteroatoms. The van der Waals surface area contributed by atoms with Crippen LogP contribution in [-0.2, 0) is 0 Å². The second-order valence-electron chi connectivity index (χ2n) is 4.86. The van der Waals surface area contributed by atoms with Crippen molar-refractivity contribution in [2.45, 2.75) is 13.8 Å². The predicted octanol–water partition coefficient (Wildman–Crippen LogP) is 4.68. The van der Waals surface area contributed by atoms with Gasteiger partial charge in [-0.25, -0.2) is 4.68 Å². The van der Waals surface area contributed by atoms with Gasteiger partial charge in [-0.3, -0.25) is 4.79 Å². The van der Waals surface area contributed by atoms with E-state index in [0.717, 1.165) is 28.0 Å². The van der Waals surface area contributed by atoms with Gasteiger partial charge in [-0.1, -0.05) is 17.7 Å². The normalized spacial score (nSPS) is 10.8. The van der Waals surface area contributed by atoms with Crippen molar-refractivity contribution in [3.63, 3.8) is 0 Å². The van der Waals surface area contributed by atoms with Crippen LogP contribution in [0, 0.1) is 13.8 Å². The summed E-state index contributed by atoms with van der Waals surface area (Å²) in [5.74, 6) is 0. The van der Waals surface area contributed by atoms with Crippen molar-refractivity contribution in [1.82, 2.24) is 9.78 Å². The first kappa shape index (κ1) is 14.0. The highest BCUT2D eigenvalue weighted by Crippen LogP contribution is 2.31. The summed E-state index contributed by atoms with van der Waals surface area (Å²) in [5.41, 5.74) is 4.27. The van der Waals surface area contributed by atoms with Gasteiger partial charge in [-0.05, 0) is 48.6 Å². The van der Waals surface area contributed by atoms with Gasteiger partial charge in [0.25, 0.3) is 0 Å². The molecule has 0 spiro atoms. The van der Waals surface area contributed by atoms with E-state index in [4.69, 9.17) is 11.6 Å². The van der Waals surface area contributed by atoms with Crippen LogP contribution in [0.2, 0.25) is 5.02 Å². The number of aldehydes is 1. The highest BCUT2D eigenvalue weighted by atomic mass is 35.5. The van der Waals surface area contributed by atoms with Crippen LogP contribution in [0.15, 0.2) is 35.8 Å². The Morgan fingerprint density at radius 3 is 2.67 bits per heavy atom. The van der Waals surface area contributed by atoms with Gasteiger partial charge in [-0.2, -0.15) is 5.10 Å². The average molecular weight is 317 g/mol. The molecule has 0 amide bonds. The van der Waals surface area contributed by atoms with Gasteiger partial charge < -0.3 is 0 Å². The number of halogens is 1. The molecule has 0 fully saturated rings. The van der Waals surface area contributed by atoms with Crippen LogP contribution in [0.1, 0.15) is 21.5 Å². The highest BCUT2D eigenvalue weighted by molar-refractivity contribution is 7.13. The Morgan fingerprint density at radius 2 is 2.05 bits per heavy atom. The number of rotatable bonds is 3. The molecule has 0 bridgehead atoms. The number of carbonyl (C=O) groups excluding carboxylic acids is 1. The maximum atomic E-state index is 11.3. The van der Waals surface area contributed by atoms with E-state index in [2.05, 4.69) is 5.10 Å². The SMILES string of the molecule is Cc1ccc(-n2cc(C=O)c(-c3sccc3C)n2)cc1Cl. The number of thiophene rings is 1. The average Bonchev–Trinajstić information content (AvgIpc) is 3.07. The van der Waals surface area contributed by atoms with Gasteiger partial charge in [0.1, 0.15) is 5.69 Å². The van der Waals surface area contributed by atoms with Gasteiger partial charge in [0.2, 0.25) is 0 Å². The summed E-state index contributed by atoms with van der Waals surface area (Å²) in [6.45, 7) is 3.97. The Kier molecular flexibility index (Phi) is 3.66. The van der Waals surface area contributed by atoms with Crippen LogP contribution in [0.25, 0.3) is 16.3 Å². The van der Waals surface area contributed by atoms with Crippen LogP contribution in [-0.4, -0.2) is 16.1 Å². The highest BCUT2D eigenvalue weighted by Gasteiger charge is 2.15. The fraction of sp³-hybridized carbons (Fsp3) is 0.125. The first-order valence-corrected chi connectivity index (χ1v) is 7.71. The van der Waals surface area contributed by atoms with Gasteiger partial charge in [0.15, 0.2) is 6.29 Å². The van der Waals surface area contributed by atoms with Crippen molar-refractivity contribution in [3.05, 3.63) is 57.6 Å². The third kappa shape index (κ3) is 2.52. The lowest BCUT2D eigenvalue weighted by atomic mass is 10.2. The zero-order chi connectivity index (χ0) is 15.0. The fourth-order valence-corrected chi connectivity index (χ4v) is 3.23. The molecule has 21 heavy (non-hydrogen) atoms. The Morgan fingerprint density at radius 1 is 1.24 bits per heavy atom. The van der Waals surface area contributed by atoms with Crippen LogP contribution in [0.5, 0.6) is 0 Å². The lowest BCUT2D eigenvalue weighted by Crippen LogP contribution is -1.95. The standard InChI is InChI=1S/C16H13ClN2OS/c1-10-3-4-13(7-14(10)17)19-8-12(9-20)15(18-19)16-11(2)5-6-21-16/h3-9H,1-2H3. The Balaban J connectivity index is 2.13. The van der Waals surface area contributed by atoms with Crippen LogP contribution >= 0.6 is 22.9 Å². The summed E-state index contributed by atoms with van der Waals surface area (Å²) in [5, 5.41) is 7.25. The maximum Gasteiger partial charge on any atom is 0.153 e. The number of carbonyl (C=O) groups is 1. The second kappa shape index (κ2) is 5.47. The molecule has 0 saturated carbocycles. The molecular weight excluding hydrogens is 304 g/mol. The Bertz CT molecular complexity index is 820. The molecule has 3 rings (SSSR count). The third-order valence-electron chi connectivity index (χ3n) is 3.37. The number of benzene rings is 1. The van der Waals surface area contributed by atoms with Crippen molar-refractivity contribution in [1.29, 1.82) is 0 Å². The van der Waals surface area contributed by atoms with Gasteiger partial charge >= 0.3 is 0 Å². The minimum absolute atomic E-state index is 0.581. The molecule has 0 atom stereocenters. The minimum atomic E-state index is 0.581. The van der Waals surface area contributed by atoms with E-state index >= 15 is 0 Å². The zero-order valence-corrected chi connectivity index (χ0v) is 13.2. The van der Waals surface area contributed by atoms with Crippen molar-refractivity contribution in [2.24, 2.45) is 0 Å². The molecule has 0 saturated heterocycles. The van der Waals surface area contributed by atoms with Gasteiger partial charge in [-0.15, -0.1) is 11.3 Å². The summed E-state index contributed by atoms with van der Waals surface area (Å²) in [6.07, 6.45) is 2.58. The van der Waals surface area contributed by atoms with Gasteiger partial charge in [0, 0.05) is 11.2 Å². The summed E-state index contributed by atoms with van der Waals surface area (Å²) >= 11 is 7.75. The summed E-state index contributed by atoms with van der Waals surface area (Å²) in [6, 6.07) is 7.75. The number of hydrogen-bond acceptors (Lipinski definition) is 3. The van der Waals surface area contributed by atoms with Gasteiger partial charge in [0.05, 0.1) is 16.1 Å². The summed E-state index contributed by atoms with van der Waals surface area (Å²) in [4.78, 5) is 12.3. The quantitative estimate of drug-likeness (QED) is 0.657. The van der Waals surface area contributed by atoms with E-state index in [9.17, 15) is 4.79 Å². The van der Waals surface area contributed by atoms with E-state index in [1.54, 1.807) is 22.2 Å². The molecule has 0 aliphatic rings. The molecule has 0 N–H and O–H groups in total. The number of nitrogens with zero attached hydrogens (tertiary/aromatic N) is 2. The molecule has 0 aliphatic carbocycles. The monoisotopic (exact) mass is 316 g/mol. The van der Waals surface area contributed by atoms with E-state index in [0.29, 0.717) is 16.3 Å².